The topological polar surface area (TPSA) is 42.2 Å². The Bertz CT molecular complexity index is 1010. The molecule has 6 nitrogen and oxygen atoms in total. The predicted octanol–water partition coefficient (Wildman–Crippen LogP) is 4.59. The number of rotatable bonds is 8. The quantitative estimate of drug-likeness (QED) is 0.491. The van der Waals surface area contributed by atoms with Gasteiger partial charge in [-0.3, -0.25) is 0 Å². The first kappa shape index (κ1) is 20.8. The highest BCUT2D eigenvalue weighted by atomic mass is 35.5. The standard InChI is InChI=1S/C23H29ClN4O2/c1-26(2)8-6-12-30-21-15-22(29-3)19(24)14-18(21)20-16-28-11-7-17(13-23(28)25-20)27-9-4-5-10-27/h7,11,13-16H,4-6,8-10,12H2,1-3H3. The maximum atomic E-state index is 6.44. The van der Waals surface area contributed by atoms with Crippen molar-refractivity contribution in [3.8, 4) is 22.8 Å². The molecule has 0 aliphatic carbocycles. The van der Waals surface area contributed by atoms with Crippen molar-refractivity contribution >= 4 is 22.9 Å². The second kappa shape index (κ2) is 9.14. The van der Waals surface area contributed by atoms with Gasteiger partial charge >= 0.3 is 0 Å². The van der Waals surface area contributed by atoms with Gasteiger partial charge in [0.1, 0.15) is 17.1 Å². The Balaban J connectivity index is 1.65. The molecule has 3 aromatic rings. The number of pyridine rings is 1. The van der Waals surface area contributed by atoms with Crippen LogP contribution < -0.4 is 14.4 Å². The summed E-state index contributed by atoms with van der Waals surface area (Å²) < 4.78 is 13.6. The third kappa shape index (κ3) is 4.50. The summed E-state index contributed by atoms with van der Waals surface area (Å²) in [6.45, 7) is 3.81. The van der Waals surface area contributed by atoms with Gasteiger partial charge in [0.05, 0.1) is 24.4 Å². The third-order valence-electron chi connectivity index (χ3n) is 5.45. The minimum atomic E-state index is 0.544. The number of ether oxygens (including phenoxy) is 2. The summed E-state index contributed by atoms with van der Waals surface area (Å²) in [6.07, 6.45) is 7.53. The van der Waals surface area contributed by atoms with Crippen molar-refractivity contribution in [1.29, 1.82) is 0 Å². The maximum absolute atomic E-state index is 6.44. The molecule has 2 aromatic heterocycles. The first-order valence-electron chi connectivity index (χ1n) is 10.4. The maximum Gasteiger partial charge on any atom is 0.141 e. The molecule has 0 atom stereocenters. The smallest absolute Gasteiger partial charge is 0.141 e. The van der Waals surface area contributed by atoms with Crippen LogP contribution in [0.25, 0.3) is 16.9 Å². The highest BCUT2D eigenvalue weighted by Gasteiger charge is 2.17. The van der Waals surface area contributed by atoms with E-state index >= 15 is 0 Å². The highest BCUT2D eigenvalue weighted by molar-refractivity contribution is 6.32. The summed E-state index contributed by atoms with van der Waals surface area (Å²) in [7, 11) is 5.73. The number of anilines is 1. The molecule has 0 unspecified atom stereocenters. The number of fused-ring (bicyclic) bond motifs is 1. The second-order valence-corrected chi connectivity index (χ2v) is 8.37. The van der Waals surface area contributed by atoms with Gasteiger partial charge in [-0.25, -0.2) is 4.98 Å². The molecule has 160 valence electrons. The molecule has 1 aliphatic heterocycles. The molecule has 4 rings (SSSR count). The van der Waals surface area contributed by atoms with Gasteiger partial charge in [0.15, 0.2) is 0 Å². The summed E-state index contributed by atoms with van der Waals surface area (Å²) in [4.78, 5) is 9.44. The molecule has 0 N–H and O–H groups in total. The zero-order chi connectivity index (χ0) is 21.1. The Hall–Kier alpha value is -2.44. The number of aromatic nitrogens is 2. The lowest BCUT2D eigenvalue weighted by Crippen LogP contribution is -2.17. The van der Waals surface area contributed by atoms with Gasteiger partial charge in [-0.15, -0.1) is 0 Å². The van der Waals surface area contributed by atoms with Gasteiger partial charge in [0.2, 0.25) is 0 Å². The van der Waals surface area contributed by atoms with E-state index in [2.05, 4.69) is 42.2 Å². The Morgan fingerprint density at radius 2 is 1.93 bits per heavy atom. The molecule has 1 saturated heterocycles. The molecule has 0 spiro atoms. The number of benzene rings is 1. The fourth-order valence-electron chi connectivity index (χ4n) is 3.85. The van der Waals surface area contributed by atoms with Crippen molar-refractivity contribution in [1.82, 2.24) is 14.3 Å². The molecule has 0 saturated carbocycles. The van der Waals surface area contributed by atoms with E-state index in [-0.39, 0.29) is 0 Å². The number of halogens is 1. The lowest BCUT2D eigenvalue weighted by atomic mass is 10.1. The molecular formula is C23H29ClN4O2. The van der Waals surface area contributed by atoms with E-state index in [1.807, 2.05) is 22.7 Å². The summed E-state index contributed by atoms with van der Waals surface area (Å²) in [6, 6.07) is 8.04. The van der Waals surface area contributed by atoms with Crippen LogP contribution in [-0.2, 0) is 0 Å². The van der Waals surface area contributed by atoms with Gasteiger partial charge in [0, 0.05) is 55.4 Å². The van der Waals surface area contributed by atoms with E-state index in [9.17, 15) is 0 Å². The monoisotopic (exact) mass is 428 g/mol. The average molecular weight is 429 g/mol. The highest BCUT2D eigenvalue weighted by Crippen LogP contribution is 2.38. The molecule has 3 heterocycles. The summed E-state index contributed by atoms with van der Waals surface area (Å²) in [5.74, 6) is 1.33. The van der Waals surface area contributed by atoms with Gasteiger partial charge in [-0.2, -0.15) is 0 Å². The van der Waals surface area contributed by atoms with Crippen LogP contribution in [0.2, 0.25) is 5.02 Å². The first-order chi connectivity index (χ1) is 14.5. The van der Waals surface area contributed by atoms with Crippen molar-refractivity contribution in [3.05, 3.63) is 41.7 Å². The van der Waals surface area contributed by atoms with E-state index in [1.165, 1.54) is 18.5 Å². The number of nitrogens with zero attached hydrogens (tertiary/aromatic N) is 4. The van der Waals surface area contributed by atoms with Crippen molar-refractivity contribution in [2.45, 2.75) is 19.3 Å². The van der Waals surface area contributed by atoms with E-state index in [0.29, 0.717) is 17.4 Å². The predicted molar refractivity (Wildman–Crippen MR) is 122 cm³/mol. The number of imidazole rings is 1. The fraction of sp³-hybridized carbons (Fsp3) is 0.435. The van der Waals surface area contributed by atoms with Gasteiger partial charge in [-0.1, -0.05) is 11.6 Å². The van der Waals surface area contributed by atoms with Gasteiger partial charge in [0.25, 0.3) is 0 Å². The largest absolute Gasteiger partial charge is 0.495 e. The normalized spacial score (nSPS) is 14.1. The van der Waals surface area contributed by atoms with Crippen LogP contribution in [0.4, 0.5) is 5.69 Å². The molecule has 7 heteroatoms. The molecule has 30 heavy (non-hydrogen) atoms. The van der Waals surface area contributed by atoms with Crippen LogP contribution in [0.3, 0.4) is 0 Å². The number of methoxy groups -OCH3 is 1. The van der Waals surface area contributed by atoms with Crippen LogP contribution in [-0.4, -0.2) is 61.7 Å². The average Bonchev–Trinajstić information content (AvgIpc) is 3.40. The van der Waals surface area contributed by atoms with Crippen LogP contribution in [0, 0.1) is 0 Å². The van der Waals surface area contributed by atoms with Crippen molar-refractivity contribution < 1.29 is 9.47 Å². The molecule has 0 amide bonds. The molecule has 0 radical (unpaired) electrons. The Morgan fingerprint density at radius 1 is 1.13 bits per heavy atom. The lowest BCUT2D eigenvalue weighted by Gasteiger charge is -2.17. The molecule has 0 bridgehead atoms. The molecule has 1 aliphatic rings. The lowest BCUT2D eigenvalue weighted by molar-refractivity contribution is 0.281. The number of hydrogen-bond acceptors (Lipinski definition) is 5. The van der Waals surface area contributed by atoms with Crippen molar-refractivity contribution in [2.24, 2.45) is 0 Å². The third-order valence-corrected chi connectivity index (χ3v) is 5.75. The van der Waals surface area contributed by atoms with E-state index < -0.39 is 0 Å². The summed E-state index contributed by atoms with van der Waals surface area (Å²) in [5.41, 5.74) is 3.85. The minimum absolute atomic E-state index is 0.544. The number of hydrogen-bond donors (Lipinski definition) is 0. The van der Waals surface area contributed by atoms with Gasteiger partial charge < -0.3 is 23.7 Å². The van der Waals surface area contributed by atoms with E-state index in [1.54, 1.807) is 7.11 Å². The van der Waals surface area contributed by atoms with Crippen LogP contribution >= 0.6 is 11.6 Å². The fourth-order valence-corrected chi connectivity index (χ4v) is 4.09. The van der Waals surface area contributed by atoms with Crippen LogP contribution in [0.15, 0.2) is 36.7 Å². The zero-order valence-corrected chi connectivity index (χ0v) is 18.7. The molecular weight excluding hydrogens is 400 g/mol. The Kier molecular flexibility index (Phi) is 6.35. The SMILES string of the molecule is COc1cc(OCCCN(C)C)c(-c2cn3ccc(N4CCCC4)cc3n2)cc1Cl. The Labute approximate surface area is 183 Å². The van der Waals surface area contributed by atoms with E-state index in [4.69, 9.17) is 26.1 Å². The van der Waals surface area contributed by atoms with Crippen molar-refractivity contribution in [3.63, 3.8) is 0 Å². The van der Waals surface area contributed by atoms with Crippen LogP contribution in [0.1, 0.15) is 19.3 Å². The van der Waals surface area contributed by atoms with E-state index in [0.717, 1.165) is 48.7 Å². The minimum Gasteiger partial charge on any atom is -0.495 e. The van der Waals surface area contributed by atoms with Crippen molar-refractivity contribution in [2.75, 3.05) is 52.3 Å². The molecule has 1 fully saturated rings. The Morgan fingerprint density at radius 3 is 2.67 bits per heavy atom. The molecule has 1 aromatic carbocycles. The second-order valence-electron chi connectivity index (χ2n) is 7.96. The first-order valence-corrected chi connectivity index (χ1v) is 10.8. The van der Waals surface area contributed by atoms with Crippen LogP contribution in [0.5, 0.6) is 11.5 Å². The summed E-state index contributed by atoms with van der Waals surface area (Å²) in [5, 5.41) is 0.544. The summed E-state index contributed by atoms with van der Waals surface area (Å²) >= 11 is 6.44. The van der Waals surface area contributed by atoms with Gasteiger partial charge in [-0.05, 0) is 45.5 Å². The zero-order valence-electron chi connectivity index (χ0n) is 17.9.